The summed E-state index contributed by atoms with van der Waals surface area (Å²) in [5.74, 6) is 0.365. The van der Waals surface area contributed by atoms with Crippen molar-refractivity contribution in [1.82, 2.24) is 10.3 Å². The van der Waals surface area contributed by atoms with Gasteiger partial charge in [0.1, 0.15) is 17.6 Å². The first-order valence-electron chi connectivity index (χ1n) is 8.93. The van der Waals surface area contributed by atoms with Crippen molar-refractivity contribution in [3.05, 3.63) is 59.7 Å². The van der Waals surface area contributed by atoms with Gasteiger partial charge in [-0.05, 0) is 55.0 Å². The lowest BCUT2D eigenvalue weighted by atomic mass is 10.1. The molecule has 1 N–H and O–H groups in total. The highest BCUT2D eigenvalue weighted by molar-refractivity contribution is 7.14. The number of rotatable bonds is 7. The number of amides is 1. The van der Waals surface area contributed by atoms with Crippen molar-refractivity contribution in [2.24, 2.45) is 0 Å². The highest BCUT2D eigenvalue weighted by atomic mass is 32.1. The Morgan fingerprint density at radius 1 is 1.21 bits per heavy atom. The van der Waals surface area contributed by atoms with Crippen molar-refractivity contribution in [2.45, 2.75) is 19.4 Å². The van der Waals surface area contributed by atoms with Crippen molar-refractivity contribution in [1.29, 1.82) is 0 Å². The molecule has 3 aromatic rings. The van der Waals surface area contributed by atoms with E-state index in [1.54, 1.807) is 26.3 Å². The molecule has 0 aliphatic heterocycles. The lowest BCUT2D eigenvalue weighted by Crippen LogP contribution is -2.43. The second-order valence-electron chi connectivity index (χ2n) is 6.13. The average molecular weight is 399 g/mol. The number of likely N-dealkylation sites (N-methyl/N-ethyl adjacent to an activating group) is 1. The van der Waals surface area contributed by atoms with E-state index in [0.29, 0.717) is 11.6 Å². The van der Waals surface area contributed by atoms with Crippen molar-refractivity contribution in [2.75, 3.05) is 19.1 Å². The summed E-state index contributed by atoms with van der Waals surface area (Å²) in [6.45, 7) is 1.96. The molecule has 0 spiro atoms. The molecule has 2 aromatic carbocycles. The average Bonchev–Trinajstić information content (AvgIpc) is 3.21. The molecule has 28 heavy (non-hydrogen) atoms. The SMILES string of the molecule is CC[C@@H](C(=O)NC)N(c1ccc(OC)cc1)c1nc(-c2ccc(F)cc2)cs1. The molecular formula is C21H22FN3O2S. The van der Waals surface area contributed by atoms with Gasteiger partial charge < -0.3 is 15.0 Å². The van der Waals surface area contributed by atoms with Crippen LogP contribution in [0, 0.1) is 5.82 Å². The maximum Gasteiger partial charge on any atom is 0.242 e. The van der Waals surface area contributed by atoms with Crippen LogP contribution in [0.15, 0.2) is 53.9 Å². The number of carbonyl (C=O) groups is 1. The molecule has 0 unspecified atom stereocenters. The van der Waals surface area contributed by atoms with Crippen LogP contribution >= 0.6 is 11.3 Å². The number of hydrogen-bond donors (Lipinski definition) is 1. The van der Waals surface area contributed by atoms with Crippen LogP contribution in [0.1, 0.15) is 13.3 Å². The van der Waals surface area contributed by atoms with Gasteiger partial charge >= 0.3 is 0 Å². The molecule has 0 radical (unpaired) electrons. The van der Waals surface area contributed by atoms with E-state index in [2.05, 4.69) is 5.32 Å². The molecule has 0 aliphatic rings. The van der Waals surface area contributed by atoms with E-state index >= 15 is 0 Å². The summed E-state index contributed by atoms with van der Waals surface area (Å²) in [5, 5.41) is 5.34. The molecule has 0 saturated heterocycles. The third-order valence-corrected chi connectivity index (χ3v) is 5.28. The molecule has 0 bridgehead atoms. The number of benzene rings is 2. The van der Waals surface area contributed by atoms with Gasteiger partial charge in [0.2, 0.25) is 5.91 Å². The topological polar surface area (TPSA) is 54.5 Å². The summed E-state index contributed by atoms with van der Waals surface area (Å²) >= 11 is 1.44. The number of methoxy groups -OCH3 is 1. The number of aromatic nitrogens is 1. The number of nitrogens with one attached hydrogen (secondary N) is 1. The molecule has 1 amide bonds. The van der Waals surface area contributed by atoms with Gasteiger partial charge in [-0.1, -0.05) is 6.92 Å². The Morgan fingerprint density at radius 2 is 1.89 bits per heavy atom. The molecule has 0 fully saturated rings. The molecule has 3 rings (SSSR count). The number of ether oxygens (including phenoxy) is 1. The van der Waals surface area contributed by atoms with E-state index < -0.39 is 6.04 Å². The molecule has 0 saturated carbocycles. The van der Waals surface area contributed by atoms with Gasteiger partial charge in [-0.25, -0.2) is 9.37 Å². The van der Waals surface area contributed by atoms with E-state index in [9.17, 15) is 9.18 Å². The van der Waals surface area contributed by atoms with Gasteiger partial charge in [0.25, 0.3) is 0 Å². The zero-order valence-corrected chi connectivity index (χ0v) is 16.8. The Labute approximate surface area is 167 Å². The van der Waals surface area contributed by atoms with Gasteiger partial charge in [-0.15, -0.1) is 11.3 Å². The highest BCUT2D eigenvalue weighted by Crippen LogP contribution is 2.35. The minimum absolute atomic E-state index is 0.0862. The van der Waals surface area contributed by atoms with Crippen molar-refractivity contribution in [3.8, 4) is 17.0 Å². The lowest BCUT2D eigenvalue weighted by molar-refractivity contribution is -0.121. The first-order chi connectivity index (χ1) is 13.6. The van der Waals surface area contributed by atoms with Crippen LogP contribution in [-0.4, -0.2) is 31.1 Å². The summed E-state index contributed by atoms with van der Waals surface area (Å²) in [7, 11) is 3.24. The van der Waals surface area contributed by atoms with E-state index in [4.69, 9.17) is 9.72 Å². The Bertz CT molecular complexity index is 926. The monoisotopic (exact) mass is 399 g/mol. The Kier molecular flexibility index (Phi) is 6.26. The van der Waals surface area contributed by atoms with Gasteiger partial charge in [-0.3, -0.25) is 4.79 Å². The minimum atomic E-state index is -0.411. The van der Waals surface area contributed by atoms with Crippen molar-refractivity contribution < 1.29 is 13.9 Å². The van der Waals surface area contributed by atoms with Crippen LogP contribution in [0.2, 0.25) is 0 Å². The minimum Gasteiger partial charge on any atom is -0.497 e. The van der Waals surface area contributed by atoms with Crippen LogP contribution < -0.4 is 15.0 Å². The standard InChI is InChI=1S/C21H22FN3O2S/c1-4-19(20(26)23-2)25(16-9-11-17(27-3)12-10-16)21-24-18(13-28-21)14-5-7-15(22)8-6-14/h5-13,19H,4H2,1-3H3,(H,23,26)/t19-/m0/s1. The zero-order chi connectivity index (χ0) is 20.1. The number of hydrogen-bond acceptors (Lipinski definition) is 5. The predicted octanol–water partition coefficient (Wildman–Crippen LogP) is 4.62. The fraction of sp³-hybridized carbons (Fsp3) is 0.238. The number of halogens is 1. The van der Waals surface area contributed by atoms with Crippen molar-refractivity contribution >= 4 is 28.1 Å². The fourth-order valence-electron chi connectivity index (χ4n) is 2.95. The maximum atomic E-state index is 13.2. The Balaban J connectivity index is 2.03. The van der Waals surface area contributed by atoms with Gasteiger partial charge in [0.05, 0.1) is 12.8 Å². The molecule has 1 aromatic heterocycles. The van der Waals surface area contributed by atoms with Crippen LogP contribution in [-0.2, 0) is 4.79 Å². The first-order valence-corrected chi connectivity index (χ1v) is 9.81. The summed E-state index contributed by atoms with van der Waals surface area (Å²) in [5.41, 5.74) is 2.41. The lowest BCUT2D eigenvalue weighted by Gasteiger charge is -2.29. The number of nitrogens with zero attached hydrogens (tertiary/aromatic N) is 2. The maximum absolute atomic E-state index is 13.2. The fourth-order valence-corrected chi connectivity index (χ4v) is 3.85. The van der Waals surface area contributed by atoms with Crippen LogP contribution in [0.3, 0.4) is 0 Å². The van der Waals surface area contributed by atoms with E-state index in [-0.39, 0.29) is 11.7 Å². The van der Waals surface area contributed by atoms with Crippen LogP contribution in [0.4, 0.5) is 15.2 Å². The van der Waals surface area contributed by atoms with Crippen molar-refractivity contribution in [3.63, 3.8) is 0 Å². The Morgan fingerprint density at radius 3 is 2.46 bits per heavy atom. The van der Waals surface area contributed by atoms with Gasteiger partial charge in [0, 0.05) is 23.7 Å². The summed E-state index contributed by atoms with van der Waals surface area (Å²) in [6.07, 6.45) is 0.608. The number of carbonyl (C=O) groups excluding carboxylic acids is 1. The second kappa shape index (κ2) is 8.84. The summed E-state index contributed by atoms with van der Waals surface area (Å²) < 4.78 is 18.5. The Hall–Kier alpha value is -2.93. The third-order valence-electron chi connectivity index (χ3n) is 4.44. The third kappa shape index (κ3) is 4.14. The van der Waals surface area contributed by atoms with Crippen LogP contribution in [0.5, 0.6) is 5.75 Å². The van der Waals surface area contributed by atoms with E-state index in [1.165, 1.54) is 23.5 Å². The quantitative estimate of drug-likeness (QED) is 0.630. The van der Waals surface area contributed by atoms with E-state index in [0.717, 1.165) is 22.7 Å². The highest BCUT2D eigenvalue weighted by Gasteiger charge is 2.27. The molecule has 1 atom stereocenters. The molecule has 7 heteroatoms. The largest absolute Gasteiger partial charge is 0.497 e. The molecule has 5 nitrogen and oxygen atoms in total. The molecule has 0 aliphatic carbocycles. The molecule has 1 heterocycles. The normalized spacial score (nSPS) is 11.7. The smallest absolute Gasteiger partial charge is 0.242 e. The van der Waals surface area contributed by atoms with Gasteiger partial charge in [-0.2, -0.15) is 0 Å². The number of thiazole rings is 1. The second-order valence-corrected chi connectivity index (χ2v) is 6.97. The van der Waals surface area contributed by atoms with Crippen LogP contribution in [0.25, 0.3) is 11.3 Å². The number of anilines is 2. The van der Waals surface area contributed by atoms with E-state index in [1.807, 2.05) is 41.5 Å². The zero-order valence-electron chi connectivity index (χ0n) is 16.0. The first kappa shape index (κ1) is 19.8. The summed E-state index contributed by atoms with van der Waals surface area (Å²) in [4.78, 5) is 19.2. The molecule has 146 valence electrons. The predicted molar refractivity (Wildman–Crippen MR) is 111 cm³/mol. The molecular weight excluding hydrogens is 377 g/mol. The van der Waals surface area contributed by atoms with Gasteiger partial charge in [0.15, 0.2) is 5.13 Å². The summed E-state index contributed by atoms with van der Waals surface area (Å²) in [6, 6.07) is 13.3.